The molecule has 1 unspecified atom stereocenters. The van der Waals surface area contributed by atoms with E-state index >= 15 is 0 Å². The van der Waals surface area contributed by atoms with Crippen LogP contribution in [-0.2, 0) is 4.79 Å². The van der Waals surface area contributed by atoms with Gasteiger partial charge in [-0.15, -0.1) is 5.10 Å². The predicted molar refractivity (Wildman–Crippen MR) is 56.4 cm³/mol. The number of nitrogens with one attached hydrogen (secondary N) is 2. The predicted octanol–water partition coefficient (Wildman–Crippen LogP) is 0.456. The third kappa shape index (κ3) is 2.38. The number of rotatable bonds is 2. The molecule has 1 amide bonds. The van der Waals surface area contributed by atoms with Crippen LogP contribution in [0.2, 0.25) is 0 Å². The molecule has 6 heteroatoms. The zero-order chi connectivity index (χ0) is 11.4. The standard InChI is InChI=1S/C10H12N4O2/c1-2-4-8(15)12-10-14-13-9(16-10)7-5-3-6-11-7/h7,11H,3,5-6H2,1H3,(H,12,14,15). The summed E-state index contributed by atoms with van der Waals surface area (Å²) in [4.78, 5) is 11.1. The zero-order valence-electron chi connectivity index (χ0n) is 8.91. The first-order valence-electron chi connectivity index (χ1n) is 5.10. The summed E-state index contributed by atoms with van der Waals surface area (Å²) in [6.07, 6.45) is 2.07. The van der Waals surface area contributed by atoms with Crippen LogP contribution >= 0.6 is 0 Å². The number of carbonyl (C=O) groups is 1. The third-order valence-electron chi connectivity index (χ3n) is 2.26. The number of aromatic nitrogens is 2. The Kier molecular flexibility index (Phi) is 3.17. The van der Waals surface area contributed by atoms with Gasteiger partial charge in [-0.25, -0.2) is 0 Å². The fraction of sp³-hybridized carbons (Fsp3) is 0.500. The Morgan fingerprint density at radius 1 is 1.62 bits per heavy atom. The van der Waals surface area contributed by atoms with Crippen LogP contribution in [0.5, 0.6) is 0 Å². The Labute approximate surface area is 92.8 Å². The quantitative estimate of drug-likeness (QED) is 0.707. The summed E-state index contributed by atoms with van der Waals surface area (Å²) in [6.45, 7) is 2.54. The number of carbonyl (C=O) groups excluding carboxylic acids is 1. The highest BCUT2D eigenvalue weighted by atomic mass is 16.4. The highest BCUT2D eigenvalue weighted by Crippen LogP contribution is 2.22. The van der Waals surface area contributed by atoms with Gasteiger partial charge in [0.05, 0.1) is 6.04 Å². The van der Waals surface area contributed by atoms with E-state index in [4.69, 9.17) is 4.42 Å². The van der Waals surface area contributed by atoms with Crippen molar-refractivity contribution in [1.82, 2.24) is 15.5 Å². The van der Waals surface area contributed by atoms with E-state index in [9.17, 15) is 4.79 Å². The maximum Gasteiger partial charge on any atom is 0.323 e. The van der Waals surface area contributed by atoms with Gasteiger partial charge in [-0.1, -0.05) is 11.0 Å². The van der Waals surface area contributed by atoms with Crippen molar-refractivity contribution in [2.45, 2.75) is 25.8 Å². The molecule has 1 aromatic heterocycles. The SMILES string of the molecule is CC#CC(=O)Nc1nnc(C2CCCN2)o1. The summed E-state index contributed by atoms with van der Waals surface area (Å²) in [5.74, 6) is 4.88. The van der Waals surface area contributed by atoms with Crippen LogP contribution in [0.25, 0.3) is 0 Å². The van der Waals surface area contributed by atoms with Gasteiger partial charge in [0.1, 0.15) is 0 Å². The van der Waals surface area contributed by atoms with Gasteiger partial charge < -0.3 is 9.73 Å². The number of nitrogens with zero attached hydrogens (tertiary/aromatic N) is 2. The molecule has 0 aliphatic carbocycles. The fourth-order valence-corrected chi connectivity index (χ4v) is 1.56. The maximum absolute atomic E-state index is 11.1. The molecular formula is C10H12N4O2. The Morgan fingerprint density at radius 3 is 3.19 bits per heavy atom. The molecule has 0 radical (unpaired) electrons. The van der Waals surface area contributed by atoms with Gasteiger partial charge in [-0.3, -0.25) is 10.1 Å². The van der Waals surface area contributed by atoms with Gasteiger partial charge >= 0.3 is 11.9 Å². The van der Waals surface area contributed by atoms with Crippen LogP contribution in [0.1, 0.15) is 31.7 Å². The minimum absolute atomic E-state index is 0.0939. The van der Waals surface area contributed by atoms with Gasteiger partial charge in [0.15, 0.2) is 0 Å². The summed E-state index contributed by atoms with van der Waals surface area (Å²) < 4.78 is 5.30. The first-order chi connectivity index (χ1) is 7.79. The first-order valence-corrected chi connectivity index (χ1v) is 5.10. The Balaban J connectivity index is 2.00. The average Bonchev–Trinajstić information content (AvgIpc) is 2.86. The molecule has 0 bridgehead atoms. The first kappa shape index (κ1) is 10.6. The van der Waals surface area contributed by atoms with Crippen LogP contribution in [0.4, 0.5) is 6.01 Å². The fourth-order valence-electron chi connectivity index (χ4n) is 1.56. The molecule has 2 rings (SSSR count). The topological polar surface area (TPSA) is 80.0 Å². The third-order valence-corrected chi connectivity index (χ3v) is 2.26. The number of hydrogen-bond donors (Lipinski definition) is 2. The molecule has 0 saturated carbocycles. The Bertz CT molecular complexity index is 437. The van der Waals surface area contributed by atoms with E-state index in [1.807, 2.05) is 0 Å². The summed E-state index contributed by atoms with van der Waals surface area (Å²) >= 11 is 0. The zero-order valence-corrected chi connectivity index (χ0v) is 8.91. The second kappa shape index (κ2) is 4.77. The van der Waals surface area contributed by atoms with Gasteiger partial charge in [-0.2, -0.15) is 0 Å². The highest BCUT2D eigenvalue weighted by molar-refractivity contribution is 6.02. The van der Waals surface area contributed by atoms with Crippen LogP contribution in [0.3, 0.4) is 0 Å². The number of anilines is 1. The molecular weight excluding hydrogens is 208 g/mol. The van der Waals surface area contributed by atoms with E-state index in [0.29, 0.717) is 5.89 Å². The maximum atomic E-state index is 11.1. The molecule has 1 saturated heterocycles. The van der Waals surface area contributed by atoms with Crippen molar-refractivity contribution < 1.29 is 9.21 Å². The molecule has 0 aromatic carbocycles. The van der Waals surface area contributed by atoms with Crippen molar-refractivity contribution in [3.8, 4) is 11.8 Å². The molecule has 6 nitrogen and oxygen atoms in total. The number of hydrogen-bond acceptors (Lipinski definition) is 5. The molecule has 1 aliphatic heterocycles. The summed E-state index contributed by atoms with van der Waals surface area (Å²) in [6, 6.07) is 0.201. The lowest BCUT2D eigenvalue weighted by molar-refractivity contribution is -0.111. The summed E-state index contributed by atoms with van der Waals surface area (Å²) in [5.41, 5.74) is 0. The molecule has 84 valence electrons. The summed E-state index contributed by atoms with van der Waals surface area (Å²) in [7, 11) is 0. The smallest absolute Gasteiger partial charge is 0.323 e. The molecule has 2 heterocycles. The normalized spacial score (nSPS) is 18.9. The van der Waals surface area contributed by atoms with Crippen molar-refractivity contribution in [1.29, 1.82) is 0 Å². The van der Waals surface area contributed by atoms with Crippen LogP contribution < -0.4 is 10.6 Å². The lowest BCUT2D eigenvalue weighted by atomic mass is 10.2. The largest absolute Gasteiger partial charge is 0.406 e. The minimum atomic E-state index is -0.447. The van der Waals surface area contributed by atoms with Gasteiger partial charge in [0.2, 0.25) is 5.89 Å². The van der Waals surface area contributed by atoms with E-state index in [1.165, 1.54) is 0 Å². The van der Waals surface area contributed by atoms with Crippen LogP contribution in [0.15, 0.2) is 4.42 Å². The highest BCUT2D eigenvalue weighted by Gasteiger charge is 2.22. The van der Waals surface area contributed by atoms with Gasteiger partial charge in [0, 0.05) is 0 Å². The van der Waals surface area contributed by atoms with Crippen LogP contribution in [0, 0.1) is 11.8 Å². The second-order valence-corrected chi connectivity index (χ2v) is 3.42. The molecule has 1 aliphatic rings. The lowest BCUT2D eigenvalue weighted by Gasteiger charge is -2.01. The minimum Gasteiger partial charge on any atom is -0.406 e. The monoisotopic (exact) mass is 220 g/mol. The van der Waals surface area contributed by atoms with E-state index in [1.54, 1.807) is 6.92 Å². The van der Waals surface area contributed by atoms with Crippen molar-refractivity contribution in [3.05, 3.63) is 5.89 Å². The van der Waals surface area contributed by atoms with Crippen molar-refractivity contribution in [2.24, 2.45) is 0 Å². The van der Waals surface area contributed by atoms with Crippen molar-refractivity contribution in [2.75, 3.05) is 11.9 Å². The molecule has 0 spiro atoms. The van der Waals surface area contributed by atoms with E-state index < -0.39 is 5.91 Å². The molecule has 16 heavy (non-hydrogen) atoms. The Morgan fingerprint density at radius 2 is 2.50 bits per heavy atom. The van der Waals surface area contributed by atoms with Gasteiger partial charge in [0.25, 0.3) is 0 Å². The van der Waals surface area contributed by atoms with Crippen LogP contribution in [-0.4, -0.2) is 22.6 Å². The van der Waals surface area contributed by atoms with E-state index in [0.717, 1.165) is 19.4 Å². The molecule has 1 atom stereocenters. The second-order valence-electron chi connectivity index (χ2n) is 3.42. The molecule has 2 N–H and O–H groups in total. The Hall–Kier alpha value is -1.87. The van der Waals surface area contributed by atoms with E-state index in [2.05, 4.69) is 32.7 Å². The average molecular weight is 220 g/mol. The van der Waals surface area contributed by atoms with Gasteiger partial charge in [-0.05, 0) is 32.2 Å². The van der Waals surface area contributed by atoms with Crippen molar-refractivity contribution >= 4 is 11.9 Å². The lowest BCUT2D eigenvalue weighted by Crippen LogP contribution is -2.13. The number of amides is 1. The van der Waals surface area contributed by atoms with E-state index in [-0.39, 0.29) is 12.1 Å². The van der Waals surface area contributed by atoms with Crippen molar-refractivity contribution in [3.63, 3.8) is 0 Å². The molecule has 1 aromatic rings. The summed E-state index contributed by atoms with van der Waals surface area (Å²) in [5, 5.41) is 13.2. The molecule has 1 fully saturated rings.